The summed E-state index contributed by atoms with van der Waals surface area (Å²) in [7, 11) is -3.51. The third-order valence-electron chi connectivity index (χ3n) is 2.40. The summed E-state index contributed by atoms with van der Waals surface area (Å²) in [5.41, 5.74) is 1.13. The van der Waals surface area contributed by atoms with Crippen LogP contribution in [0.25, 0.3) is 0 Å². The van der Waals surface area contributed by atoms with Crippen LogP contribution in [-0.2, 0) is 16.4 Å². The molecule has 0 fully saturated rings. The monoisotopic (exact) mass is 257 g/mol. The average molecular weight is 257 g/mol. The molecule has 0 aliphatic carbocycles. The van der Waals surface area contributed by atoms with Gasteiger partial charge in [-0.2, -0.15) is 0 Å². The maximum atomic E-state index is 11.8. The zero-order chi connectivity index (χ0) is 12.9. The second-order valence-corrected chi connectivity index (χ2v) is 5.81. The average Bonchev–Trinajstić information content (AvgIpc) is 2.29. The SMILES string of the molecule is CCCc1ccc(S(=O)(=O)N[C@H](C)CO)cc1. The molecule has 0 spiro atoms. The first-order chi connectivity index (χ1) is 7.99. The highest BCUT2D eigenvalue weighted by Gasteiger charge is 2.16. The summed E-state index contributed by atoms with van der Waals surface area (Å²) in [5, 5.41) is 8.83. The molecule has 0 saturated heterocycles. The lowest BCUT2D eigenvalue weighted by molar-refractivity contribution is 0.265. The van der Waals surface area contributed by atoms with Gasteiger partial charge >= 0.3 is 0 Å². The molecular weight excluding hydrogens is 238 g/mol. The van der Waals surface area contributed by atoms with E-state index in [-0.39, 0.29) is 11.5 Å². The second-order valence-electron chi connectivity index (χ2n) is 4.10. The Kier molecular flexibility index (Phi) is 5.11. The highest BCUT2D eigenvalue weighted by atomic mass is 32.2. The van der Waals surface area contributed by atoms with Crippen LogP contribution in [0.3, 0.4) is 0 Å². The van der Waals surface area contributed by atoms with Crippen molar-refractivity contribution in [3.05, 3.63) is 29.8 Å². The Morgan fingerprint density at radius 2 is 1.88 bits per heavy atom. The molecule has 0 aliphatic rings. The minimum atomic E-state index is -3.51. The van der Waals surface area contributed by atoms with Gasteiger partial charge in [-0.3, -0.25) is 0 Å². The van der Waals surface area contributed by atoms with E-state index >= 15 is 0 Å². The molecular formula is C12H19NO3S. The van der Waals surface area contributed by atoms with E-state index in [0.29, 0.717) is 0 Å². The predicted molar refractivity (Wildman–Crippen MR) is 67.3 cm³/mol. The summed E-state index contributed by atoms with van der Waals surface area (Å²) in [6, 6.07) is 6.35. The molecule has 17 heavy (non-hydrogen) atoms. The molecule has 1 rings (SSSR count). The van der Waals surface area contributed by atoms with Gasteiger partial charge in [0, 0.05) is 6.04 Å². The van der Waals surface area contributed by atoms with Gasteiger partial charge in [0.25, 0.3) is 0 Å². The van der Waals surface area contributed by atoms with Gasteiger partial charge in [0.1, 0.15) is 0 Å². The molecule has 0 bridgehead atoms. The van der Waals surface area contributed by atoms with Crippen molar-refractivity contribution in [3.63, 3.8) is 0 Å². The number of aryl methyl sites for hydroxylation is 1. The fraction of sp³-hybridized carbons (Fsp3) is 0.500. The molecule has 1 aromatic carbocycles. The zero-order valence-corrected chi connectivity index (χ0v) is 11.0. The van der Waals surface area contributed by atoms with Crippen LogP contribution in [0.2, 0.25) is 0 Å². The summed E-state index contributed by atoms with van der Waals surface area (Å²) in [4.78, 5) is 0.234. The molecule has 0 unspecified atom stereocenters. The number of aliphatic hydroxyl groups is 1. The maximum Gasteiger partial charge on any atom is 0.240 e. The highest BCUT2D eigenvalue weighted by molar-refractivity contribution is 7.89. The van der Waals surface area contributed by atoms with Crippen LogP contribution in [0.5, 0.6) is 0 Å². The van der Waals surface area contributed by atoms with Gasteiger partial charge in [-0.25, -0.2) is 13.1 Å². The minimum absolute atomic E-state index is 0.215. The first kappa shape index (κ1) is 14.2. The standard InChI is InChI=1S/C12H19NO3S/c1-3-4-11-5-7-12(8-6-11)17(15,16)13-10(2)9-14/h5-8,10,13-14H,3-4,9H2,1-2H3/t10-/m1/s1. The molecule has 0 radical (unpaired) electrons. The summed E-state index contributed by atoms with van der Waals surface area (Å²) in [5.74, 6) is 0. The van der Waals surface area contributed by atoms with Crippen LogP contribution in [-0.4, -0.2) is 26.2 Å². The van der Waals surface area contributed by atoms with E-state index in [1.165, 1.54) is 0 Å². The van der Waals surface area contributed by atoms with Crippen LogP contribution in [0.15, 0.2) is 29.2 Å². The van der Waals surface area contributed by atoms with Gasteiger partial charge in [0.2, 0.25) is 10.0 Å². The summed E-state index contributed by atoms with van der Waals surface area (Å²) in [6.07, 6.45) is 1.98. The molecule has 96 valence electrons. The topological polar surface area (TPSA) is 66.4 Å². The Morgan fingerprint density at radius 3 is 2.35 bits per heavy atom. The summed E-state index contributed by atoms with van der Waals surface area (Å²) in [6.45, 7) is 3.48. The number of sulfonamides is 1. The first-order valence-corrected chi connectivity index (χ1v) is 7.20. The maximum absolute atomic E-state index is 11.8. The number of aliphatic hydroxyl groups excluding tert-OH is 1. The normalized spacial score (nSPS) is 13.6. The predicted octanol–water partition coefficient (Wildman–Crippen LogP) is 1.30. The lowest BCUT2D eigenvalue weighted by Gasteiger charge is -2.11. The van der Waals surface area contributed by atoms with Crippen LogP contribution < -0.4 is 4.72 Å². The van der Waals surface area contributed by atoms with E-state index in [0.717, 1.165) is 18.4 Å². The van der Waals surface area contributed by atoms with Gasteiger partial charge in [0.15, 0.2) is 0 Å². The van der Waals surface area contributed by atoms with E-state index in [4.69, 9.17) is 5.11 Å². The lowest BCUT2D eigenvalue weighted by Crippen LogP contribution is -2.34. The van der Waals surface area contributed by atoms with Gasteiger partial charge in [0.05, 0.1) is 11.5 Å². The molecule has 5 heteroatoms. The lowest BCUT2D eigenvalue weighted by atomic mass is 10.1. The number of rotatable bonds is 6. The molecule has 0 amide bonds. The molecule has 1 aromatic rings. The van der Waals surface area contributed by atoms with Crippen molar-refractivity contribution < 1.29 is 13.5 Å². The van der Waals surface area contributed by atoms with Crippen molar-refractivity contribution >= 4 is 10.0 Å². The summed E-state index contributed by atoms with van der Waals surface area (Å²) < 4.78 is 26.1. The van der Waals surface area contributed by atoms with E-state index in [9.17, 15) is 8.42 Å². The smallest absolute Gasteiger partial charge is 0.240 e. The van der Waals surface area contributed by atoms with Crippen molar-refractivity contribution in [3.8, 4) is 0 Å². The Labute approximate surface area is 103 Å². The van der Waals surface area contributed by atoms with Crippen molar-refractivity contribution in [1.82, 2.24) is 4.72 Å². The van der Waals surface area contributed by atoms with Crippen molar-refractivity contribution in [1.29, 1.82) is 0 Å². The Bertz CT molecular complexity index is 439. The molecule has 4 nitrogen and oxygen atoms in total. The Balaban J connectivity index is 2.85. The van der Waals surface area contributed by atoms with E-state index in [2.05, 4.69) is 11.6 Å². The molecule has 0 saturated carbocycles. The van der Waals surface area contributed by atoms with Crippen molar-refractivity contribution in [2.75, 3.05) is 6.61 Å². The van der Waals surface area contributed by atoms with E-state index in [1.807, 2.05) is 12.1 Å². The number of benzene rings is 1. The third kappa shape index (κ3) is 4.11. The first-order valence-electron chi connectivity index (χ1n) is 5.71. The van der Waals surface area contributed by atoms with Crippen LogP contribution in [0.1, 0.15) is 25.8 Å². The van der Waals surface area contributed by atoms with Crippen molar-refractivity contribution in [2.24, 2.45) is 0 Å². The number of nitrogens with one attached hydrogen (secondary N) is 1. The van der Waals surface area contributed by atoms with Crippen LogP contribution in [0, 0.1) is 0 Å². The summed E-state index contributed by atoms with van der Waals surface area (Å²) >= 11 is 0. The molecule has 0 heterocycles. The van der Waals surface area contributed by atoms with Gasteiger partial charge in [-0.05, 0) is 31.0 Å². The third-order valence-corrected chi connectivity index (χ3v) is 4.01. The Hall–Kier alpha value is -0.910. The Morgan fingerprint density at radius 1 is 1.29 bits per heavy atom. The van der Waals surface area contributed by atoms with E-state index < -0.39 is 16.1 Å². The number of hydrogen-bond donors (Lipinski definition) is 2. The molecule has 1 atom stereocenters. The van der Waals surface area contributed by atoms with E-state index in [1.54, 1.807) is 19.1 Å². The zero-order valence-electron chi connectivity index (χ0n) is 10.2. The fourth-order valence-electron chi connectivity index (χ4n) is 1.49. The van der Waals surface area contributed by atoms with Crippen LogP contribution in [0.4, 0.5) is 0 Å². The van der Waals surface area contributed by atoms with Crippen LogP contribution >= 0.6 is 0 Å². The fourth-order valence-corrected chi connectivity index (χ4v) is 2.73. The molecule has 2 N–H and O–H groups in total. The van der Waals surface area contributed by atoms with Gasteiger partial charge in [-0.1, -0.05) is 25.5 Å². The molecule has 0 aromatic heterocycles. The number of hydrogen-bond acceptors (Lipinski definition) is 3. The van der Waals surface area contributed by atoms with Gasteiger partial charge < -0.3 is 5.11 Å². The molecule has 0 aliphatic heterocycles. The quantitative estimate of drug-likeness (QED) is 0.807. The largest absolute Gasteiger partial charge is 0.395 e. The van der Waals surface area contributed by atoms with Gasteiger partial charge in [-0.15, -0.1) is 0 Å². The minimum Gasteiger partial charge on any atom is -0.395 e. The van der Waals surface area contributed by atoms with Crippen molar-refractivity contribution in [2.45, 2.75) is 37.6 Å². The second kappa shape index (κ2) is 6.14. The highest BCUT2D eigenvalue weighted by Crippen LogP contribution is 2.12.